The molecule has 0 unspecified atom stereocenters. The van der Waals surface area contributed by atoms with Crippen LogP contribution >= 0.6 is 0 Å². The van der Waals surface area contributed by atoms with Crippen molar-refractivity contribution in [1.82, 2.24) is 10.6 Å². The van der Waals surface area contributed by atoms with Gasteiger partial charge in [-0.3, -0.25) is 4.79 Å². The smallest absolute Gasteiger partial charge is 0.251 e. The van der Waals surface area contributed by atoms with E-state index in [2.05, 4.69) is 16.7 Å². The Bertz CT molecular complexity index is 591. The van der Waals surface area contributed by atoms with Crippen LogP contribution in [0.15, 0.2) is 41.0 Å². The first-order valence-corrected chi connectivity index (χ1v) is 6.96. The molecule has 0 atom stereocenters. The number of hydrogen-bond acceptors (Lipinski definition) is 3. The average Bonchev–Trinajstić information content (AvgIpc) is 3.00. The highest BCUT2D eigenvalue weighted by Crippen LogP contribution is 2.18. The van der Waals surface area contributed by atoms with Crippen molar-refractivity contribution in [1.29, 1.82) is 0 Å². The summed E-state index contributed by atoms with van der Waals surface area (Å²) in [5.74, 6) is 0.903. The van der Waals surface area contributed by atoms with Crippen LogP contribution < -0.4 is 10.6 Å². The molecule has 1 aliphatic rings. The Hall–Kier alpha value is -2.07. The molecule has 1 aromatic carbocycles. The minimum Gasteiger partial charge on any atom is -0.469 e. The molecule has 104 valence electrons. The summed E-state index contributed by atoms with van der Waals surface area (Å²) < 4.78 is 5.25. The molecular formula is C16H18N2O2. The first-order valence-electron chi connectivity index (χ1n) is 6.96. The Morgan fingerprint density at radius 3 is 3.10 bits per heavy atom. The second-order valence-electron chi connectivity index (χ2n) is 4.96. The van der Waals surface area contributed by atoms with E-state index in [-0.39, 0.29) is 5.91 Å². The van der Waals surface area contributed by atoms with Crippen molar-refractivity contribution >= 4 is 5.91 Å². The summed E-state index contributed by atoms with van der Waals surface area (Å²) in [6.45, 7) is 2.38. The van der Waals surface area contributed by atoms with E-state index < -0.39 is 0 Å². The maximum absolute atomic E-state index is 12.3. The molecule has 2 heterocycles. The van der Waals surface area contributed by atoms with E-state index in [1.54, 1.807) is 6.26 Å². The molecule has 0 saturated carbocycles. The molecular weight excluding hydrogens is 252 g/mol. The topological polar surface area (TPSA) is 54.3 Å². The first-order chi connectivity index (χ1) is 9.84. The summed E-state index contributed by atoms with van der Waals surface area (Å²) >= 11 is 0. The van der Waals surface area contributed by atoms with Crippen LogP contribution in [0.3, 0.4) is 0 Å². The molecule has 4 heteroatoms. The molecule has 1 amide bonds. The van der Waals surface area contributed by atoms with Gasteiger partial charge in [0.25, 0.3) is 5.91 Å². The van der Waals surface area contributed by atoms with Crippen molar-refractivity contribution < 1.29 is 9.21 Å². The summed E-state index contributed by atoms with van der Waals surface area (Å²) in [6, 6.07) is 9.72. The predicted octanol–water partition coefficient (Wildman–Crippen LogP) is 1.90. The molecule has 2 N–H and O–H groups in total. The highest BCUT2D eigenvalue weighted by molar-refractivity contribution is 5.96. The number of amides is 1. The van der Waals surface area contributed by atoms with Gasteiger partial charge in [0, 0.05) is 25.1 Å². The van der Waals surface area contributed by atoms with Crippen molar-refractivity contribution in [3.63, 3.8) is 0 Å². The number of hydrogen-bond donors (Lipinski definition) is 2. The molecule has 4 nitrogen and oxygen atoms in total. The second-order valence-corrected chi connectivity index (χ2v) is 4.96. The summed E-state index contributed by atoms with van der Waals surface area (Å²) in [5.41, 5.74) is 3.22. The normalized spacial score (nSPS) is 13.8. The summed E-state index contributed by atoms with van der Waals surface area (Å²) in [7, 11) is 0. The number of rotatable bonds is 4. The van der Waals surface area contributed by atoms with Crippen LogP contribution in [0, 0.1) is 0 Å². The van der Waals surface area contributed by atoms with Crippen LogP contribution in [0.25, 0.3) is 0 Å². The number of carbonyl (C=O) groups is 1. The van der Waals surface area contributed by atoms with Gasteiger partial charge in [0.1, 0.15) is 5.76 Å². The van der Waals surface area contributed by atoms with Crippen LogP contribution in [0.2, 0.25) is 0 Å². The largest absolute Gasteiger partial charge is 0.469 e. The summed E-state index contributed by atoms with van der Waals surface area (Å²) in [6.07, 6.45) is 3.28. The number of furan rings is 1. The van der Waals surface area contributed by atoms with E-state index in [1.165, 1.54) is 11.1 Å². The minimum absolute atomic E-state index is 0.00954. The summed E-state index contributed by atoms with van der Waals surface area (Å²) in [4.78, 5) is 12.3. The lowest BCUT2D eigenvalue weighted by molar-refractivity contribution is 0.0952. The number of benzene rings is 1. The second kappa shape index (κ2) is 5.92. The monoisotopic (exact) mass is 270 g/mol. The fourth-order valence-electron chi connectivity index (χ4n) is 2.59. The molecule has 0 radical (unpaired) electrons. The highest BCUT2D eigenvalue weighted by atomic mass is 16.3. The lowest BCUT2D eigenvalue weighted by Crippen LogP contribution is -2.30. The Morgan fingerprint density at radius 2 is 2.25 bits per heavy atom. The van der Waals surface area contributed by atoms with Gasteiger partial charge in [-0.1, -0.05) is 12.1 Å². The molecule has 0 bridgehead atoms. The zero-order valence-electron chi connectivity index (χ0n) is 11.3. The number of nitrogens with one attached hydrogen (secondary N) is 2. The first kappa shape index (κ1) is 12.9. The van der Waals surface area contributed by atoms with Crippen LogP contribution in [0.1, 0.15) is 27.2 Å². The van der Waals surface area contributed by atoms with Gasteiger partial charge in [-0.25, -0.2) is 0 Å². The van der Waals surface area contributed by atoms with E-state index in [1.807, 2.05) is 24.3 Å². The molecule has 2 aromatic rings. The van der Waals surface area contributed by atoms with Gasteiger partial charge < -0.3 is 15.1 Å². The Kier molecular flexibility index (Phi) is 3.83. The lowest BCUT2D eigenvalue weighted by Gasteiger charge is -2.19. The van der Waals surface area contributed by atoms with Crippen LogP contribution in [0.4, 0.5) is 0 Å². The maximum Gasteiger partial charge on any atom is 0.251 e. The third kappa shape index (κ3) is 2.75. The SMILES string of the molecule is O=C(NCCc1ccco1)c1cccc2c1CCNC2. The standard InChI is InChI=1S/C16H18N2O2/c19-16(18-9-6-13-4-2-10-20-13)15-5-1-3-12-11-17-8-7-14(12)15/h1-5,10,17H,6-9,11H2,(H,18,19). The molecule has 20 heavy (non-hydrogen) atoms. The molecule has 1 aliphatic heterocycles. The number of fused-ring (bicyclic) bond motifs is 1. The van der Waals surface area contributed by atoms with Crippen LogP contribution in [-0.2, 0) is 19.4 Å². The van der Waals surface area contributed by atoms with Gasteiger partial charge in [-0.15, -0.1) is 0 Å². The molecule has 0 fully saturated rings. The maximum atomic E-state index is 12.3. The molecule has 0 saturated heterocycles. The van der Waals surface area contributed by atoms with Crippen molar-refractivity contribution in [3.8, 4) is 0 Å². The van der Waals surface area contributed by atoms with Gasteiger partial charge in [-0.2, -0.15) is 0 Å². The van der Waals surface area contributed by atoms with Crippen molar-refractivity contribution in [2.75, 3.05) is 13.1 Å². The van der Waals surface area contributed by atoms with Crippen molar-refractivity contribution in [3.05, 3.63) is 59.0 Å². The van der Waals surface area contributed by atoms with E-state index in [4.69, 9.17) is 4.42 Å². The van der Waals surface area contributed by atoms with Gasteiger partial charge in [0.05, 0.1) is 6.26 Å². The fraction of sp³-hybridized carbons (Fsp3) is 0.312. The van der Waals surface area contributed by atoms with Gasteiger partial charge in [0.2, 0.25) is 0 Å². The van der Waals surface area contributed by atoms with E-state index >= 15 is 0 Å². The lowest BCUT2D eigenvalue weighted by atomic mass is 9.95. The van der Waals surface area contributed by atoms with E-state index in [0.29, 0.717) is 6.54 Å². The van der Waals surface area contributed by atoms with Gasteiger partial charge in [-0.05, 0) is 42.3 Å². The van der Waals surface area contributed by atoms with Crippen LogP contribution in [-0.4, -0.2) is 19.0 Å². The Balaban J connectivity index is 1.65. The molecule has 0 spiro atoms. The predicted molar refractivity (Wildman–Crippen MR) is 76.6 cm³/mol. The van der Waals surface area contributed by atoms with Crippen molar-refractivity contribution in [2.45, 2.75) is 19.4 Å². The van der Waals surface area contributed by atoms with Gasteiger partial charge >= 0.3 is 0 Å². The Labute approximate surface area is 118 Å². The number of carbonyl (C=O) groups excluding carboxylic acids is 1. The zero-order valence-corrected chi connectivity index (χ0v) is 11.3. The van der Waals surface area contributed by atoms with Crippen LogP contribution in [0.5, 0.6) is 0 Å². The third-order valence-electron chi connectivity index (χ3n) is 3.62. The molecule has 3 rings (SSSR count). The molecule has 1 aromatic heterocycles. The van der Waals surface area contributed by atoms with Gasteiger partial charge in [0.15, 0.2) is 0 Å². The zero-order chi connectivity index (χ0) is 13.8. The quantitative estimate of drug-likeness (QED) is 0.892. The Morgan fingerprint density at radius 1 is 1.30 bits per heavy atom. The van der Waals surface area contributed by atoms with Crippen molar-refractivity contribution in [2.24, 2.45) is 0 Å². The summed E-state index contributed by atoms with van der Waals surface area (Å²) in [5, 5.41) is 6.29. The minimum atomic E-state index is 0.00954. The third-order valence-corrected chi connectivity index (χ3v) is 3.62. The molecule has 0 aliphatic carbocycles. The van der Waals surface area contributed by atoms with E-state index in [9.17, 15) is 4.79 Å². The van der Waals surface area contributed by atoms with E-state index in [0.717, 1.165) is 37.3 Å². The average molecular weight is 270 g/mol. The fourth-order valence-corrected chi connectivity index (χ4v) is 2.59. The highest BCUT2D eigenvalue weighted by Gasteiger charge is 2.16.